The minimum absolute atomic E-state index is 0.142. The van der Waals surface area contributed by atoms with Crippen LogP contribution < -0.4 is 0 Å². The summed E-state index contributed by atoms with van der Waals surface area (Å²) in [6, 6.07) is 7.10. The number of aryl methyl sites for hydroxylation is 1. The Labute approximate surface area is 177 Å². The summed E-state index contributed by atoms with van der Waals surface area (Å²) < 4.78 is 27.8. The van der Waals surface area contributed by atoms with Gasteiger partial charge in [0.15, 0.2) is 0 Å². The van der Waals surface area contributed by atoms with Gasteiger partial charge in [-0.05, 0) is 54.9 Å². The number of rotatable bonds is 3. The number of hydrogen-bond donors (Lipinski definition) is 1. The van der Waals surface area contributed by atoms with Gasteiger partial charge in [0.25, 0.3) is 0 Å². The molecule has 1 aromatic carbocycles. The molecule has 1 saturated carbocycles. The maximum Gasteiger partial charge on any atom is 0.147 e. The molecule has 5 rings (SSSR count). The van der Waals surface area contributed by atoms with E-state index in [4.69, 9.17) is 0 Å². The monoisotopic (exact) mass is 406 g/mol. The molecule has 30 heavy (non-hydrogen) atoms. The van der Waals surface area contributed by atoms with Gasteiger partial charge in [-0.2, -0.15) is 0 Å². The molecule has 0 bridgehead atoms. The Hall–Kier alpha value is -2.17. The average Bonchev–Trinajstić information content (AvgIpc) is 3.10. The Morgan fingerprint density at radius 3 is 2.77 bits per heavy atom. The van der Waals surface area contributed by atoms with Gasteiger partial charge in [0, 0.05) is 17.3 Å². The van der Waals surface area contributed by atoms with Gasteiger partial charge in [-0.3, -0.25) is 4.98 Å². The van der Waals surface area contributed by atoms with Crippen LogP contribution in [0, 0.1) is 11.6 Å². The summed E-state index contributed by atoms with van der Waals surface area (Å²) in [4.78, 5) is 7.41. The van der Waals surface area contributed by atoms with Crippen LogP contribution in [0.15, 0.2) is 36.7 Å². The molecule has 2 aliphatic rings. The maximum absolute atomic E-state index is 14.2. The standard InChI is InChI=1S/C25H29BF2N2/c27-20-12-17(14-29-15-20)16-4-1-2-5-18(9-8-16)26-19-10-11-24-22(13-19)21-6-3-7-23(28)25(21)30-24/h3,6-7,12,14-16,18-19,26,30H,1-2,4-5,8-11,13H2. The SMILES string of the molecule is Fc1cncc(C2CCCCC(BC3CCc4[nH]c5c(F)cccc5c4C3)CC2)c1. The molecule has 0 radical (unpaired) electrons. The molecule has 3 atom stereocenters. The van der Waals surface area contributed by atoms with Crippen molar-refractivity contribution in [2.75, 3.05) is 0 Å². The molecule has 0 spiro atoms. The zero-order valence-electron chi connectivity index (χ0n) is 17.5. The second kappa shape index (κ2) is 8.53. The normalized spacial score (nSPS) is 24.8. The van der Waals surface area contributed by atoms with Crippen molar-refractivity contribution < 1.29 is 8.78 Å². The Morgan fingerprint density at radius 2 is 1.87 bits per heavy atom. The van der Waals surface area contributed by atoms with E-state index in [2.05, 4.69) is 16.0 Å². The van der Waals surface area contributed by atoms with Crippen LogP contribution in [0.5, 0.6) is 0 Å². The Balaban J connectivity index is 1.26. The lowest BCUT2D eigenvalue weighted by Gasteiger charge is -2.29. The summed E-state index contributed by atoms with van der Waals surface area (Å²) in [5, 5.41) is 1.08. The van der Waals surface area contributed by atoms with Gasteiger partial charge in [0.1, 0.15) is 18.9 Å². The van der Waals surface area contributed by atoms with Gasteiger partial charge < -0.3 is 4.98 Å². The third kappa shape index (κ3) is 4.04. The first-order chi connectivity index (χ1) is 14.7. The highest BCUT2D eigenvalue weighted by Gasteiger charge is 2.28. The molecule has 2 nitrogen and oxygen atoms in total. The Morgan fingerprint density at radius 1 is 0.967 bits per heavy atom. The minimum atomic E-state index is -0.223. The van der Waals surface area contributed by atoms with Gasteiger partial charge in [-0.15, -0.1) is 0 Å². The van der Waals surface area contributed by atoms with E-state index in [0.717, 1.165) is 42.5 Å². The molecule has 2 heterocycles. The highest BCUT2D eigenvalue weighted by atomic mass is 19.1. The molecule has 1 N–H and O–H groups in total. The van der Waals surface area contributed by atoms with Crippen LogP contribution in [-0.2, 0) is 12.8 Å². The van der Waals surface area contributed by atoms with Crippen molar-refractivity contribution in [1.82, 2.24) is 9.97 Å². The number of nitrogens with zero attached hydrogens (tertiary/aromatic N) is 1. The number of halogens is 2. The summed E-state index contributed by atoms with van der Waals surface area (Å²) in [6.07, 6.45) is 13.7. The van der Waals surface area contributed by atoms with E-state index >= 15 is 0 Å². The molecule has 2 aromatic heterocycles. The second-order valence-electron chi connectivity index (χ2n) is 9.45. The summed E-state index contributed by atoms with van der Waals surface area (Å²) in [6.45, 7) is 0. The number of aromatic nitrogens is 2. The van der Waals surface area contributed by atoms with Crippen molar-refractivity contribution in [3.8, 4) is 0 Å². The molecule has 3 aromatic rings. The van der Waals surface area contributed by atoms with Crippen LogP contribution in [0.25, 0.3) is 10.9 Å². The van der Waals surface area contributed by atoms with E-state index in [1.807, 2.05) is 12.3 Å². The van der Waals surface area contributed by atoms with Gasteiger partial charge in [-0.1, -0.05) is 55.9 Å². The molecule has 1 fully saturated rings. The van der Waals surface area contributed by atoms with E-state index in [-0.39, 0.29) is 11.6 Å². The number of fused-ring (bicyclic) bond motifs is 3. The molecule has 0 aliphatic heterocycles. The van der Waals surface area contributed by atoms with Crippen LogP contribution in [-0.4, -0.2) is 17.2 Å². The first-order valence-corrected chi connectivity index (χ1v) is 11.6. The van der Waals surface area contributed by atoms with E-state index in [1.165, 1.54) is 56.8 Å². The minimum Gasteiger partial charge on any atom is -0.356 e. The number of para-hydroxylation sites is 1. The van der Waals surface area contributed by atoms with Crippen LogP contribution in [0.1, 0.15) is 67.7 Å². The summed E-state index contributed by atoms with van der Waals surface area (Å²) in [5.74, 6) is 1.49. The third-order valence-electron chi connectivity index (χ3n) is 7.48. The Kier molecular flexibility index (Phi) is 5.62. The fourth-order valence-electron chi connectivity index (χ4n) is 5.92. The van der Waals surface area contributed by atoms with E-state index in [0.29, 0.717) is 17.3 Å². The van der Waals surface area contributed by atoms with Crippen molar-refractivity contribution >= 4 is 18.2 Å². The molecule has 3 unspecified atom stereocenters. The molecule has 0 saturated heterocycles. The molecular weight excluding hydrogens is 377 g/mol. The zero-order chi connectivity index (χ0) is 20.5. The van der Waals surface area contributed by atoms with E-state index in [1.54, 1.807) is 12.1 Å². The average molecular weight is 406 g/mol. The molecule has 156 valence electrons. The first kappa shape index (κ1) is 19.8. The highest BCUT2D eigenvalue weighted by Crippen LogP contribution is 2.40. The number of aromatic amines is 1. The predicted octanol–water partition coefficient (Wildman–Crippen LogP) is 6.48. The lowest BCUT2D eigenvalue weighted by atomic mass is 9.48. The van der Waals surface area contributed by atoms with Gasteiger partial charge >= 0.3 is 0 Å². The van der Waals surface area contributed by atoms with Crippen molar-refractivity contribution in [1.29, 1.82) is 0 Å². The molecule has 0 amide bonds. The fraction of sp³-hybridized carbons (Fsp3) is 0.480. The number of H-pyrrole nitrogens is 1. The lowest BCUT2D eigenvalue weighted by molar-refractivity contribution is 0.448. The maximum atomic E-state index is 14.2. The largest absolute Gasteiger partial charge is 0.356 e. The number of benzene rings is 1. The van der Waals surface area contributed by atoms with Crippen molar-refractivity contribution in [2.45, 2.75) is 75.3 Å². The number of pyridine rings is 1. The summed E-state index contributed by atoms with van der Waals surface area (Å²) in [7, 11) is 1.26. The van der Waals surface area contributed by atoms with E-state index < -0.39 is 0 Å². The molecule has 2 aliphatic carbocycles. The highest BCUT2D eigenvalue weighted by molar-refractivity contribution is 6.39. The van der Waals surface area contributed by atoms with Crippen LogP contribution >= 0.6 is 0 Å². The first-order valence-electron chi connectivity index (χ1n) is 11.6. The number of hydrogen-bond acceptors (Lipinski definition) is 1. The topological polar surface area (TPSA) is 28.7 Å². The molecule has 5 heteroatoms. The van der Waals surface area contributed by atoms with Crippen molar-refractivity contribution in [3.05, 3.63) is 65.1 Å². The summed E-state index contributed by atoms with van der Waals surface area (Å²) in [5.41, 5.74) is 4.33. The van der Waals surface area contributed by atoms with Crippen LogP contribution in [0.2, 0.25) is 11.6 Å². The van der Waals surface area contributed by atoms with Crippen LogP contribution in [0.3, 0.4) is 0 Å². The van der Waals surface area contributed by atoms with E-state index in [9.17, 15) is 8.78 Å². The van der Waals surface area contributed by atoms with Gasteiger partial charge in [0.2, 0.25) is 0 Å². The quantitative estimate of drug-likeness (QED) is 0.496. The fourth-order valence-corrected chi connectivity index (χ4v) is 5.92. The predicted molar refractivity (Wildman–Crippen MR) is 120 cm³/mol. The molecular formula is C25H29BF2N2. The van der Waals surface area contributed by atoms with Crippen LogP contribution in [0.4, 0.5) is 8.78 Å². The zero-order valence-corrected chi connectivity index (χ0v) is 17.5. The number of nitrogens with one attached hydrogen (secondary N) is 1. The van der Waals surface area contributed by atoms with Gasteiger partial charge in [-0.25, -0.2) is 8.78 Å². The van der Waals surface area contributed by atoms with Crippen molar-refractivity contribution in [2.24, 2.45) is 0 Å². The smallest absolute Gasteiger partial charge is 0.147 e. The summed E-state index contributed by atoms with van der Waals surface area (Å²) >= 11 is 0. The third-order valence-corrected chi connectivity index (χ3v) is 7.48. The lowest BCUT2D eigenvalue weighted by Crippen LogP contribution is -2.20. The van der Waals surface area contributed by atoms with Gasteiger partial charge in [0.05, 0.1) is 11.7 Å². The Bertz CT molecular complexity index is 1030. The second-order valence-corrected chi connectivity index (χ2v) is 9.45. The van der Waals surface area contributed by atoms with Crippen molar-refractivity contribution in [3.63, 3.8) is 0 Å².